The smallest absolute Gasteiger partial charge is 0.259 e. The molecule has 0 spiro atoms. The molecule has 4 heteroatoms. The molecule has 0 atom stereocenters. The van der Waals surface area contributed by atoms with Crippen molar-refractivity contribution in [3.05, 3.63) is 57.8 Å². The van der Waals surface area contributed by atoms with Gasteiger partial charge in [-0.1, -0.05) is 17.7 Å². The van der Waals surface area contributed by atoms with Crippen molar-refractivity contribution in [3.63, 3.8) is 0 Å². The Hall–Kier alpha value is -1.68. The highest BCUT2D eigenvalue weighted by molar-refractivity contribution is 9.10. The molecule has 1 heterocycles. The minimum atomic E-state index is -0.0630. The van der Waals surface area contributed by atoms with Gasteiger partial charge in [0.25, 0.3) is 5.91 Å². The molecule has 98 valence electrons. The van der Waals surface area contributed by atoms with E-state index in [0.717, 1.165) is 15.9 Å². The van der Waals surface area contributed by atoms with Gasteiger partial charge in [-0.15, -0.1) is 0 Å². The molecule has 0 saturated carbocycles. The van der Waals surface area contributed by atoms with Crippen LogP contribution in [0.1, 0.15) is 21.5 Å². The first-order chi connectivity index (χ1) is 8.99. The molecule has 0 aliphatic carbocycles. The van der Waals surface area contributed by atoms with E-state index in [9.17, 15) is 4.79 Å². The second kappa shape index (κ2) is 5.53. The fourth-order valence-corrected chi connectivity index (χ4v) is 2.22. The van der Waals surface area contributed by atoms with Crippen LogP contribution in [0, 0.1) is 13.8 Å². The molecule has 19 heavy (non-hydrogen) atoms. The topological polar surface area (TPSA) is 33.2 Å². The number of pyridine rings is 1. The van der Waals surface area contributed by atoms with Crippen molar-refractivity contribution in [3.8, 4) is 0 Å². The molecule has 0 saturated heterocycles. The third kappa shape index (κ3) is 3.01. The predicted octanol–water partition coefficient (Wildman–Crippen LogP) is 3.74. The number of hydrogen-bond donors (Lipinski definition) is 0. The molecule has 0 aliphatic rings. The van der Waals surface area contributed by atoms with Crippen LogP contribution in [0.3, 0.4) is 0 Å². The first kappa shape index (κ1) is 13.7. The summed E-state index contributed by atoms with van der Waals surface area (Å²) in [5.41, 5.74) is 3.76. The Balaban J connectivity index is 2.30. The molecule has 3 nitrogen and oxygen atoms in total. The lowest BCUT2D eigenvalue weighted by Gasteiger charge is -2.19. The predicted molar refractivity (Wildman–Crippen MR) is 80.6 cm³/mol. The first-order valence-electron chi connectivity index (χ1n) is 5.96. The number of benzene rings is 1. The number of nitrogens with zero attached hydrogens (tertiary/aromatic N) is 2. The SMILES string of the molecule is Cc1ccc(N(C)C(=O)c2ccc(Br)nc2)c(C)c1. The summed E-state index contributed by atoms with van der Waals surface area (Å²) in [6.07, 6.45) is 1.58. The van der Waals surface area contributed by atoms with Crippen molar-refractivity contribution < 1.29 is 4.79 Å². The number of halogens is 1. The number of aryl methyl sites for hydroxylation is 2. The molecule has 2 rings (SSSR count). The summed E-state index contributed by atoms with van der Waals surface area (Å²) in [5.74, 6) is -0.0630. The molecule has 0 unspecified atom stereocenters. The van der Waals surface area contributed by atoms with Gasteiger partial charge in [0.2, 0.25) is 0 Å². The molecular formula is C15H15BrN2O. The Labute approximate surface area is 121 Å². The molecule has 0 aliphatic heterocycles. The lowest BCUT2D eigenvalue weighted by atomic mass is 10.1. The maximum Gasteiger partial charge on any atom is 0.259 e. The average Bonchev–Trinajstić information content (AvgIpc) is 2.38. The molecule has 0 N–H and O–H groups in total. The molecule has 1 amide bonds. The van der Waals surface area contributed by atoms with E-state index >= 15 is 0 Å². The monoisotopic (exact) mass is 318 g/mol. The van der Waals surface area contributed by atoms with Crippen LogP contribution in [0.5, 0.6) is 0 Å². The Kier molecular flexibility index (Phi) is 4.00. The fourth-order valence-electron chi connectivity index (χ4n) is 1.99. The second-order valence-corrected chi connectivity index (χ2v) is 5.34. The maximum absolute atomic E-state index is 12.4. The van der Waals surface area contributed by atoms with Crippen LogP contribution < -0.4 is 4.90 Å². The molecule has 0 radical (unpaired) electrons. The van der Waals surface area contributed by atoms with Gasteiger partial charge < -0.3 is 4.90 Å². The van der Waals surface area contributed by atoms with Crippen LogP contribution in [0.15, 0.2) is 41.1 Å². The highest BCUT2D eigenvalue weighted by Gasteiger charge is 2.15. The van der Waals surface area contributed by atoms with Crippen molar-refractivity contribution in [2.45, 2.75) is 13.8 Å². The minimum absolute atomic E-state index is 0.0630. The summed E-state index contributed by atoms with van der Waals surface area (Å²) >= 11 is 3.26. The number of rotatable bonds is 2. The highest BCUT2D eigenvalue weighted by Crippen LogP contribution is 2.21. The van der Waals surface area contributed by atoms with Crippen molar-refractivity contribution in [1.82, 2.24) is 4.98 Å². The molecule has 2 aromatic rings. The number of aromatic nitrogens is 1. The number of carbonyl (C=O) groups is 1. The van der Waals surface area contributed by atoms with Gasteiger partial charge >= 0.3 is 0 Å². The summed E-state index contributed by atoms with van der Waals surface area (Å²) in [7, 11) is 1.78. The van der Waals surface area contributed by atoms with Crippen LogP contribution in [-0.2, 0) is 0 Å². The minimum Gasteiger partial charge on any atom is -0.311 e. The summed E-state index contributed by atoms with van der Waals surface area (Å²) < 4.78 is 0.721. The highest BCUT2D eigenvalue weighted by atomic mass is 79.9. The molecule has 0 bridgehead atoms. The molecule has 1 aromatic carbocycles. The van der Waals surface area contributed by atoms with Crippen molar-refractivity contribution in [1.29, 1.82) is 0 Å². The Morgan fingerprint density at radius 3 is 2.53 bits per heavy atom. The van der Waals surface area contributed by atoms with Crippen LogP contribution in [0.25, 0.3) is 0 Å². The number of anilines is 1. The standard InChI is InChI=1S/C15H15BrN2O/c1-10-4-6-13(11(2)8-10)18(3)15(19)12-5-7-14(16)17-9-12/h4-9H,1-3H3. The van der Waals surface area contributed by atoms with E-state index in [2.05, 4.69) is 27.0 Å². The summed E-state index contributed by atoms with van der Waals surface area (Å²) in [6, 6.07) is 9.57. The normalized spacial score (nSPS) is 10.3. The number of amides is 1. The first-order valence-corrected chi connectivity index (χ1v) is 6.75. The van der Waals surface area contributed by atoms with E-state index in [0.29, 0.717) is 5.56 Å². The Morgan fingerprint density at radius 2 is 1.95 bits per heavy atom. The van der Waals surface area contributed by atoms with Gasteiger partial charge in [0.05, 0.1) is 5.56 Å². The van der Waals surface area contributed by atoms with E-state index in [1.807, 2.05) is 26.0 Å². The second-order valence-electron chi connectivity index (χ2n) is 4.52. The molecule has 0 fully saturated rings. The van der Waals surface area contributed by atoms with E-state index in [4.69, 9.17) is 0 Å². The zero-order chi connectivity index (χ0) is 14.0. The van der Waals surface area contributed by atoms with Crippen molar-refractivity contribution >= 4 is 27.5 Å². The zero-order valence-corrected chi connectivity index (χ0v) is 12.7. The number of carbonyl (C=O) groups excluding carboxylic acids is 1. The van der Waals surface area contributed by atoms with Crippen molar-refractivity contribution in [2.75, 3.05) is 11.9 Å². The molecule has 1 aromatic heterocycles. The van der Waals surface area contributed by atoms with E-state index < -0.39 is 0 Å². The maximum atomic E-state index is 12.4. The largest absolute Gasteiger partial charge is 0.311 e. The summed E-state index contributed by atoms with van der Waals surface area (Å²) in [4.78, 5) is 18.1. The van der Waals surface area contributed by atoms with E-state index in [1.165, 1.54) is 5.56 Å². The zero-order valence-electron chi connectivity index (χ0n) is 11.1. The van der Waals surface area contributed by atoms with Gasteiger partial charge in [0, 0.05) is 18.9 Å². The lowest BCUT2D eigenvalue weighted by Crippen LogP contribution is -2.27. The van der Waals surface area contributed by atoms with Crippen LogP contribution in [0.4, 0.5) is 5.69 Å². The number of hydrogen-bond acceptors (Lipinski definition) is 2. The third-order valence-electron chi connectivity index (χ3n) is 2.99. The quantitative estimate of drug-likeness (QED) is 0.790. The fraction of sp³-hybridized carbons (Fsp3) is 0.200. The van der Waals surface area contributed by atoms with Gasteiger partial charge in [-0.05, 0) is 53.5 Å². The van der Waals surface area contributed by atoms with Gasteiger partial charge in [-0.25, -0.2) is 4.98 Å². The van der Waals surface area contributed by atoms with Gasteiger partial charge in [0.1, 0.15) is 4.60 Å². The van der Waals surface area contributed by atoms with Crippen molar-refractivity contribution in [2.24, 2.45) is 0 Å². The van der Waals surface area contributed by atoms with Gasteiger partial charge in [-0.2, -0.15) is 0 Å². The third-order valence-corrected chi connectivity index (χ3v) is 3.46. The van der Waals surface area contributed by atoms with Crippen LogP contribution >= 0.6 is 15.9 Å². The van der Waals surface area contributed by atoms with E-state index in [1.54, 1.807) is 30.3 Å². The van der Waals surface area contributed by atoms with E-state index in [-0.39, 0.29) is 5.91 Å². The summed E-state index contributed by atoms with van der Waals surface area (Å²) in [6.45, 7) is 4.04. The van der Waals surface area contributed by atoms with Crippen LogP contribution in [-0.4, -0.2) is 17.9 Å². The average molecular weight is 319 g/mol. The lowest BCUT2D eigenvalue weighted by molar-refractivity contribution is 0.0992. The Bertz CT molecular complexity index is 608. The Morgan fingerprint density at radius 1 is 1.21 bits per heavy atom. The van der Waals surface area contributed by atoms with Gasteiger partial charge in [0.15, 0.2) is 0 Å². The van der Waals surface area contributed by atoms with Crippen LogP contribution in [0.2, 0.25) is 0 Å². The summed E-state index contributed by atoms with van der Waals surface area (Å²) in [5, 5.41) is 0. The molecular weight excluding hydrogens is 304 g/mol. The van der Waals surface area contributed by atoms with Gasteiger partial charge in [-0.3, -0.25) is 4.79 Å².